The van der Waals surface area contributed by atoms with Crippen LogP contribution in [0.4, 0.5) is 13.2 Å². The first-order valence-corrected chi connectivity index (χ1v) is 7.56. The maximum absolute atomic E-state index is 13.4. The molecule has 0 spiro atoms. The number of hydrogen-bond acceptors (Lipinski definition) is 1. The van der Waals surface area contributed by atoms with Crippen molar-refractivity contribution in [3.8, 4) is 28.0 Å². The summed E-state index contributed by atoms with van der Waals surface area (Å²) in [4.78, 5) is 0. The van der Waals surface area contributed by atoms with Gasteiger partial charge in [-0.15, -0.1) is 0 Å². The smallest absolute Gasteiger partial charge is 0.419 e. The zero-order valence-electron chi connectivity index (χ0n) is 12.6. The van der Waals surface area contributed by atoms with Crippen LogP contribution >= 0.6 is 0 Å². The maximum Gasteiger partial charge on any atom is 0.419 e. The van der Waals surface area contributed by atoms with Gasteiger partial charge in [0, 0.05) is 5.56 Å². The third-order valence-electron chi connectivity index (χ3n) is 4.45. The van der Waals surface area contributed by atoms with Crippen LogP contribution in [0.1, 0.15) is 16.7 Å². The summed E-state index contributed by atoms with van der Waals surface area (Å²) in [5, 5.41) is 10.3. The second kappa shape index (κ2) is 5.13. The Bertz CT molecular complexity index is 928. The molecule has 0 fully saturated rings. The first kappa shape index (κ1) is 14.8. The van der Waals surface area contributed by atoms with Crippen molar-refractivity contribution in [1.29, 1.82) is 0 Å². The molecule has 1 aliphatic carbocycles. The highest BCUT2D eigenvalue weighted by Gasteiger charge is 2.38. The van der Waals surface area contributed by atoms with Gasteiger partial charge in [-0.1, -0.05) is 54.6 Å². The molecule has 0 heterocycles. The highest BCUT2D eigenvalue weighted by Crippen LogP contribution is 2.51. The zero-order valence-corrected chi connectivity index (χ0v) is 12.6. The first-order valence-electron chi connectivity index (χ1n) is 7.56. The number of phenolic OH excluding ortho intramolecular Hbond substituents is 1. The molecule has 1 aliphatic rings. The number of alkyl halides is 3. The monoisotopic (exact) mass is 326 g/mol. The molecule has 0 unspecified atom stereocenters. The largest absolute Gasteiger partial charge is 0.507 e. The van der Waals surface area contributed by atoms with Crippen molar-refractivity contribution in [1.82, 2.24) is 0 Å². The molecule has 0 atom stereocenters. The summed E-state index contributed by atoms with van der Waals surface area (Å²) in [7, 11) is 0. The Hall–Kier alpha value is -2.75. The van der Waals surface area contributed by atoms with Gasteiger partial charge in [-0.3, -0.25) is 0 Å². The van der Waals surface area contributed by atoms with Crippen LogP contribution in [0.25, 0.3) is 22.3 Å². The third kappa shape index (κ3) is 2.18. The SMILES string of the molecule is Oc1c(C(F)(F)F)cc(-c2ccccc2)c2c1-c1ccccc1C2. The lowest BCUT2D eigenvalue weighted by Crippen LogP contribution is -2.07. The summed E-state index contributed by atoms with van der Waals surface area (Å²) in [6.45, 7) is 0. The molecule has 0 aliphatic heterocycles. The molecule has 0 amide bonds. The van der Waals surface area contributed by atoms with Crippen molar-refractivity contribution >= 4 is 0 Å². The second-order valence-corrected chi connectivity index (χ2v) is 5.87. The van der Waals surface area contributed by atoms with Gasteiger partial charge in [-0.05, 0) is 40.3 Å². The van der Waals surface area contributed by atoms with Crippen LogP contribution in [0.3, 0.4) is 0 Å². The molecule has 0 saturated carbocycles. The molecule has 24 heavy (non-hydrogen) atoms. The fourth-order valence-electron chi connectivity index (χ4n) is 3.39. The number of phenols is 1. The maximum atomic E-state index is 13.4. The summed E-state index contributed by atoms with van der Waals surface area (Å²) < 4.78 is 40.3. The van der Waals surface area contributed by atoms with Crippen molar-refractivity contribution in [2.45, 2.75) is 12.6 Å². The van der Waals surface area contributed by atoms with E-state index in [1.165, 1.54) is 0 Å². The molecule has 4 heteroatoms. The Labute approximate surface area is 137 Å². The highest BCUT2D eigenvalue weighted by molar-refractivity contribution is 5.89. The average molecular weight is 326 g/mol. The summed E-state index contributed by atoms with van der Waals surface area (Å²) in [5.74, 6) is -0.679. The quantitative estimate of drug-likeness (QED) is 0.479. The van der Waals surface area contributed by atoms with Gasteiger partial charge < -0.3 is 5.11 Å². The number of rotatable bonds is 1. The summed E-state index contributed by atoms with van der Waals surface area (Å²) in [5.41, 5.74) is 2.90. The topological polar surface area (TPSA) is 20.2 Å². The third-order valence-corrected chi connectivity index (χ3v) is 4.45. The summed E-state index contributed by atoms with van der Waals surface area (Å²) in [6.07, 6.45) is -4.10. The molecular formula is C20H13F3O. The Kier molecular flexibility index (Phi) is 3.17. The Balaban J connectivity index is 2.08. The molecule has 0 bridgehead atoms. The minimum absolute atomic E-state index is 0.305. The van der Waals surface area contributed by atoms with Crippen LogP contribution in [0.5, 0.6) is 5.75 Å². The van der Waals surface area contributed by atoms with Gasteiger partial charge in [0.15, 0.2) is 0 Å². The van der Waals surface area contributed by atoms with Crippen LogP contribution in [-0.2, 0) is 12.6 Å². The Morgan fingerprint density at radius 1 is 0.833 bits per heavy atom. The lowest BCUT2D eigenvalue weighted by molar-refractivity contribution is -0.138. The number of fused-ring (bicyclic) bond motifs is 3. The zero-order chi connectivity index (χ0) is 16.9. The van der Waals surface area contributed by atoms with Gasteiger partial charge in [0.1, 0.15) is 5.75 Å². The standard InChI is InChI=1S/C20H13F3O/c21-20(22,23)17-11-15(12-6-2-1-3-7-12)16-10-13-8-4-5-9-14(13)18(16)19(17)24/h1-9,11,24H,10H2. The van der Waals surface area contributed by atoms with Crippen molar-refractivity contribution < 1.29 is 18.3 Å². The van der Waals surface area contributed by atoms with E-state index in [1.807, 2.05) is 18.2 Å². The van der Waals surface area contributed by atoms with Gasteiger partial charge in [0.2, 0.25) is 0 Å². The first-order chi connectivity index (χ1) is 11.5. The number of hydrogen-bond donors (Lipinski definition) is 1. The van der Waals surface area contributed by atoms with Crippen LogP contribution in [-0.4, -0.2) is 5.11 Å². The molecule has 1 nitrogen and oxygen atoms in total. The van der Waals surface area contributed by atoms with Gasteiger partial charge >= 0.3 is 6.18 Å². The minimum Gasteiger partial charge on any atom is -0.507 e. The van der Waals surface area contributed by atoms with E-state index >= 15 is 0 Å². The van der Waals surface area contributed by atoms with E-state index in [2.05, 4.69) is 0 Å². The number of halogens is 3. The van der Waals surface area contributed by atoms with E-state index in [-0.39, 0.29) is 0 Å². The minimum atomic E-state index is -4.61. The lowest BCUT2D eigenvalue weighted by atomic mass is 9.92. The normalized spacial score (nSPS) is 12.8. The summed E-state index contributed by atoms with van der Waals surface area (Å²) >= 11 is 0. The van der Waals surface area contributed by atoms with E-state index in [4.69, 9.17) is 0 Å². The van der Waals surface area contributed by atoms with Gasteiger partial charge in [-0.25, -0.2) is 0 Å². The van der Waals surface area contributed by atoms with Gasteiger partial charge in [0.05, 0.1) is 5.56 Å². The van der Waals surface area contributed by atoms with Crippen molar-refractivity contribution in [2.24, 2.45) is 0 Å². The van der Waals surface area contributed by atoms with E-state index in [0.717, 1.165) is 17.2 Å². The number of aromatic hydroxyl groups is 1. The van der Waals surface area contributed by atoms with Gasteiger partial charge in [0.25, 0.3) is 0 Å². The second-order valence-electron chi connectivity index (χ2n) is 5.87. The van der Waals surface area contributed by atoms with E-state index in [0.29, 0.717) is 28.7 Å². The van der Waals surface area contributed by atoms with Crippen LogP contribution in [0, 0.1) is 0 Å². The Morgan fingerprint density at radius 3 is 2.21 bits per heavy atom. The molecule has 0 radical (unpaired) electrons. The lowest BCUT2D eigenvalue weighted by Gasteiger charge is -2.17. The molecule has 0 saturated heterocycles. The molecule has 3 aromatic rings. The fourth-order valence-corrected chi connectivity index (χ4v) is 3.39. The molecule has 120 valence electrons. The van der Waals surface area contributed by atoms with Crippen molar-refractivity contribution in [3.05, 3.63) is 77.4 Å². The van der Waals surface area contributed by atoms with Crippen LogP contribution < -0.4 is 0 Å². The number of benzene rings is 3. The van der Waals surface area contributed by atoms with Crippen LogP contribution in [0.2, 0.25) is 0 Å². The molecule has 3 aromatic carbocycles. The molecule has 1 N–H and O–H groups in total. The predicted octanol–water partition coefficient (Wildman–Crippen LogP) is 5.65. The van der Waals surface area contributed by atoms with E-state index < -0.39 is 17.5 Å². The van der Waals surface area contributed by atoms with Gasteiger partial charge in [-0.2, -0.15) is 13.2 Å². The molecular weight excluding hydrogens is 313 g/mol. The van der Waals surface area contributed by atoms with Crippen LogP contribution in [0.15, 0.2) is 60.7 Å². The highest BCUT2D eigenvalue weighted by atomic mass is 19.4. The molecule has 4 rings (SSSR count). The Morgan fingerprint density at radius 2 is 1.50 bits per heavy atom. The summed E-state index contributed by atoms with van der Waals surface area (Å²) in [6, 6.07) is 17.3. The van der Waals surface area contributed by atoms with E-state index in [1.54, 1.807) is 36.4 Å². The predicted molar refractivity (Wildman–Crippen MR) is 86.8 cm³/mol. The molecule has 0 aromatic heterocycles. The van der Waals surface area contributed by atoms with E-state index in [9.17, 15) is 18.3 Å². The van der Waals surface area contributed by atoms with Crippen molar-refractivity contribution in [2.75, 3.05) is 0 Å². The average Bonchev–Trinajstić information content (AvgIpc) is 2.95. The fraction of sp³-hybridized carbons (Fsp3) is 0.100. The van der Waals surface area contributed by atoms with Crippen molar-refractivity contribution in [3.63, 3.8) is 0 Å².